The number of nitrogens with zero attached hydrogens (tertiary/aromatic N) is 5. The van der Waals surface area contributed by atoms with E-state index in [1.165, 1.54) is 60.7 Å². The van der Waals surface area contributed by atoms with Crippen LogP contribution in [0.4, 0.5) is 17.1 Å². The fourth-order valence-electron chi connectivity index (χ4n) is 3.83. The zero-order valence-corrected chi connectivity index (χ0v) is 21.3. The average Bonchev–Trinajstić information content (AvgIpc) is 3.57. The Bertz CT molecular complexity index is 1690. The quantitative estimate of drug-likeness (QED) is 0.171. The van der Waals surface area contributed by atoms with E-state index in [4.69, 9.17) is 18.9 Å². The summed E-state index contributed by atoms with van der Waals surface area (Å²) in [6.45, 7) is -0.0506. The van der Waals surface area contributed by atoms with Gasteiger partial charge in [0.2, 0.25) is 11.6 Å². The van der Waals surface area contributed by atoms with E-state index < -0.39 is 9.85 Å². The molecule has 0 aliphatic carbocycles. The van der Waals surface area contributed by atoms with Crippen molar-refractivity contribution in [2.45, 2.75) is 0 Å². The third-order valence-electron chi connectivity index (χ3n) is 5.69. The standard InChI is InChI=1S/C25H19N5O8S/c1-35-16-7-8-22(36-2)17(10-16)21-13-39-25(27-18-5-3-4-6-19(18)29(31)32)28(21)26-12-15-9-23-24(38-14-37-23)11-20(15)30(33)34/h3-13H,14H2,1-2H3. The maximum Gasteiger partial charge on any atom is 0.294 e. The molecule has 0 saturated heterocycles. The van der Waals surface area contributed by atoms with Crippen LogP contribution in [0.5, 0.6) is 23.0 Å². The predicted molar refractivity (Wildman–Crippen MR) is 141 cm³/mol. The summed E-state index contributed by atoms with van der Waals surface area (Å²) in [6.07, 6.45) is 1.29. The lowest BCUT2D eigenvalue weighted by Gasteiger charge is -2.11. The van der Waals surface area contributed by atoms with Crippen LogP contribution in [-0.4, -0.2) is 41.7 Å². The molecule has 5 rings (SSSR count). The second kappa shape index (κ2) is 10.6. The van der Waals surface area contributed by atoms with Gasteiger partial charge in [0.15, 0.2) is 11.5 Å². The van der Waals surface area contributed by atoms with Crippen molar-refractivity contribution < 1.29 is 28.8 Å². The summed E-state index contributed by atoms with van der Waals surface area (Å²) in [4.78, 5) is 27.0. The predicted octanol–water partition coefficient (Wildman–Crippen LogP) is 4.89. The molecule has 1 aliphatic rings. The minimum atomic E-state index is -0.549. The molecule has 0 fully saturated rings. The summed E-state index contributed by atoms with van der Waals surface area (Å²) < 4.78 is 23.0. The van der Waals surface area contributed by atoms with Gasteiger partial charge in [0.1, 0.15) is 17.2 Å². The lowest BCUT2D eigenvalue weighted by atomic mass is 10.1. The Kier molecular flexibility index (Phi) is 6.93. The largest absolute Gasteiger partial charge is 0.497 e. The summed E-state index contributed by atoms with van der Waals surface area (Å²) in [5.74, 6) is 1.66. The molecule has 2 heterocycles. The molecular weight excluding hydrogens is 530 g/mol. The highest BCUT2D eigenvalue weighted by Crippen LogP contribution is 2.38. The van der Waals surface area contributed by atoms with Crippen molar-refractivity contribution in [2.24, 2.45) is 10.1 Å². The zero-order valence-electron chi connectivity index (χ0n) is 20.5. The van der Waals surface area contributed by atoms with Crippen LogP contribution in [0, 0.1) is 20.2 Å². The van der Waals surface area contributed by atoms with Gasteiger partial charge in [-0.2, -0.15) is 5.10 Å². The van der Waals surface area contributed by atoms with E-state index in [1.54, 1.807) is 35.7 Å². The fraction of sp³-hybridized carbons (Fsp3) is 0.120. The number of methoxy groups -OCH3 is 2. The summed E-state index contributed by atoms with van der Waals surface area (Å²) in [5.41, 5.74) is 0.946. The molecule has 0 amide bonds. The molecule has 14 heteroatoms. The van der Waals surface area contributed by atoms with Gasteiger partial charge in [-0.15, -0.1) is 11.3 Å². The number of nitro groups is 2. The molecule has 0 N–H and O–H groups in total. The Labute approximate surface area is 224 Å². The van der Waals surface area contributed by atoms with Crippen LogP contribution in [0.15, 0.2) is 70.1 Å². The van der Waals surface area contributed by atoms with Gasteiger partial charge in [-0.05, 0) is 30.3 Å². The highest BCUT2D eigenvalue weighted by atomic mass is 32.1. The number of thiazole rings is 1. The zero-order chi connectivity index (χ0) is 27.5. The summed E-state index contributed by atoms with van der Waals surface area (Å²) >= 11 is 1.17. The summed E-state index contributed by atoms with van der Waals surface area (Å²) in [6, 6.07) is 14.0. The van der Waals surface area contributed by atoms with Gasteiger partial charge in [-0.25, -0.2) is 9.67 Å². The van der Waals surface area contributed by atoms with Crippen LogP contribution in [0.3, 0.4) is 0 Å². The van der Waals surface area contributed by atoms with Gasteiger partial charge in [0.25, 0.3) is 11.4 Å². The number of hydrogen-bond acceptors (Lipinski definition) is 11. The number of para-hydroxylation sites is 2. The van der Waals surface area contributed by atoms with Crippen LogP contribution in [-0.2, 0) is 0 Å². The second-order valence-electron chi connectivity index (χ2n) is 7.91. The second-order valence-corrected chi connectivity index (χ2v) is 8.74. The molecule has 0 radical (unpaired) electrons. The summed E-state index contributed by atoms with van der Waals surface area (Å²) in [7, 11) is 3.04. The Hall–Kier alpha value is -5.24. The van der Waals surface area contributed by atoms with E-state index in [0.717, 1.165) is 0 Å². The normalized spacial score (nSPS) is 12.6. The van der Waals surface area contributed by atoms with E-state index in [0.29, 0.717) is 28.5 Å². The van der Waals surface area contributed by atoms with Gasteiger partial charge in [0, 0.05) is 17.0 Å². The number of nitro benzene ring substituents is 2. The minimum absolute atomic E-state index is 0.0506. The molecule has 0 atom stereocenters. The Morgan fingerprint density at radius 2 is 1.72 bits per heavy atom. The van der Waals surface area contributed by atoms with Gasteiger partial charge in [-0.3, -0.25) is 20.2 Å². The first kappa shape index (κ1) is 25.4. The average molecular weight is 550 g/mol. The van der Waals surface area contributed by atoms with E-state index in [2.05, 4.69) is 10.1 Å². The molecule has 13 nitrogen and oxygen atoms in total. The maximum absolute atomic E-state index is 11.8. The number of fused-ring (bicyclic) bond motifs is 1. The van der Waals surface area contributed by atoms with Crippen molar-refractivity contribution >= 4 is 34.6 Å². The molecule has 1 aromatic heterocycles. The monoisotopic (exact) mass is 549 g/mol. The van der Waals surface area contributed by atoms with Gasteiger partial charge >= 0.3 is 0 Å². The Morgan fingerprint density at radius 3 is 2.44 bits per heavy atom. The molecule has 3 aromatic carbocycles. The third kappa shape index (κ3) is 5.00. The lowest BCUT2D eigenvalue weighted by Crippen LogP contribution is -2.12. The van der Waals surface area contributed by atoms with Crippen molar-refractivity contribution in [3.8, 4) is 34.3 Å². The van der Waals surface area contributed by atoms with Crippen LogP contribution >= 0.6 is 11.3 Å². The van der Waals surface area contributed by atoms with E-state index in [-0.39, 0.29) is 40.0 Å². The maximum atomic E-state index is 11.8. The van der Waals surface area contributed by atoms with Crippen LogP contribution in [0.2, 0.25) is 0 Å². The number of benzene rings is 3. The highest BCUT2D eigenvalue weighted by Gasteiger charge is 2.23. The third-order valence-corrected chi connectivity index (χ3v) is 6.51. The van der Waals surface area contributed by atoms with Gasteiger partial charge in [0.05, 0.1) is 47.6 Å². The first-order valence-corrected chi connectivity index (χ1v) is 12.1. The first-order valence-electron chi connectivity index (χ1n) is 11.2. The minimum Gasteiger partial charge on any atom is -0.497 e. The number of rotatable bonds is 8. The molecule has 198 valence electrons. The smallest absolute Gasteiger partial charge is 0.294 e. The number of aromatic nitrogens is 1. The van der Waals surface area contributed by atoms with E-state index in [9.17, 15) is 20.2 Å². The van der Waals surface area contributed by atoms with Gasteiger partial charge < -0.3 is 18.9 Å². The highest BCUT2D eigenvalue weighted by molar-refractivity contribution is 7.07. The topological polar surface area (TPSA) is 153 Å². The van der Waals surface area contributed by atoms with Crippen molar-refractivity contribution in [3.63, 3.8) is 0 Å². The molecule has 39 heavy (non-hydrogen) atoms. The Balaban J connectivity index is 1.73. The molecule has 0 spiro atoms. The van der Waals surface area contributed by atoms with E-state index in [1.807, 2.05) is 0 Å². The summed E-state index contributed by atoms with van der Waals surface area (Å²) in [5, 5.41) is 29.6. The van der Waals surface area contributed by atoms with Crippen molar-refractivity contribution in [2.75, 3.05) is 21.0 Å². The van der Waals surface area contributed by atoms with E-state index >= 15 is 0 Å². The Morgan fingerprint density at radius 1 is 0.974 bits per heavy atom. The van der Waals surface area contributed by atoms with Crippen molar-refractivity contribution in [1.29, 1.82) is 0 Å². The van der Waals surface area contributed by atoms with Crippen molar-refractivity contribution in [3.05, 3.63) is 90.6 Å². The van der Waals surface area contributed by atoms with Crippen LogP contribution in [0.1, 0.15) is 5.56 Å². The van der Waals surface area contributed by atoms with Gasteiger partial charge in [-0.1, -0.05) is 12.1 Å². The molecule has 0 unspecified atom stereocenters. The molecular formula is C25H19N5O8S. The number of ether oxygens (including phenoxy) is 4. The molecule has 1 aliphatic heterocycles. The van der Waals surface area contributed by atoms with Crippen LogP contribution in [0.25, 0.3) is 11.3 Å². The molecule has 0 saturated carbocycles. The molecule has 4 aromatic rings. The SMILES string of the molecule is COc1ccc(OC)c(-c2csc(=Nc3ccccc3[N+](=O)[O-])n2N=Cc2cc3c(cc2[N+](=O)[O-])OCO3)c1. The lowest BCUT2D eigenvalue weighted by molar-refractivity contribution is -0.385. The molecule has 0 bridgehead atoms. The van der Waals surface area contributed by atoms with Crippen LogP contribution < -0.4 is 23.7 Å². The first-order chi connectivity index (χ1) is 18.9. The van der Waals surface area contributed by atoms with Crippen molar-refractivity contribution in [1.82, 2.24) is 4.68 Å². The number of hydrogen-bond donors (Lipinski definition) is 0. The fourth-order valence-corrected chi connectivity index (χ4v) is 4.67.